The first-order valence-electron chi connectivity index (χ1n) is 11.1. The molecule has 1 aliphatic heterocycles. The maximum absolute atomic E-state index is 14.6. The molecule has 4 aromatic rings. The Morgan fingerprint density at radius 2 is 1.74 bits per heavy atom. The molecule has 2 amide bonds. The van der Waals surface area contributed by atoms with Crippen LogP contribution in [0, 0.1) is 5.82 Å². The van der Waals surface area contributed by atoms with Crippen LogP contribution >= 0.6 is 11.8 Å². The number of carbonyl (C=O) groups is 2. The van der Waals surface area contributed by atoms with Gasteiger partial charge in [-0.1, -0.05) is 66.4 Å². The molecule has 35 heavy (non-hydrogen) atoms. The molecule has 1 N–H and O–H groups in total. The van der Waals surface area contributed by atoms with Crippen molar-refractivity contribution in [2.75, 3.05) is 16.8 Å². The summed E-state index contributed by atoms with van der Waals surface area (Å²) in [5.74, 6) is -0.482. The van der Waals surface area contributed by atoms with Gasteiger partial charge in [-0.2, -0.15) is 0 Å². The maximum atomic E-state index is 14.6. The molecule has 1 unspecified atom stereocenters. The molecule has 3 aromatic carbocycles. The third kappa shape index (κ3) is 4.67. The highest BCUT2D eigenvalue weighted by Gasteiger charge is 2.31. The van der Waals surface area contributed by atoms with Crippen LogP contribution < -0.4 is 10.2 Å². The van der Waals surface area contributed by atoms with Crippen molar-refractivity contribution < 1.29 is 14.0 Å². The molecule has 0 saturated carbocycles. The van der Waals surface area contributed by atoms with Gasteiger partial charge in [0.1, 0.15) is 12.4 Å². The Morgan fingerprint density at radius 3 is 2.54 bits per heavy atom. The highest BCUT2D eigenvalue weighted by atomic mass is 32.2. The molecular weight excluding hydrogens is 465 g/mol. The topological polar surface area (TPSA) is 80.1 Å². The van der Waals surface area contributed by atoms with Crippen LogP contribution in [0.4, 0.5) is 15.8 Å². The standard InChI is InChI=1S/C26H22FN5O2S/c1-17(25(34)31-16-23(33)28-21-13-7-8-14-22(21)31)35-26-30-29-24(19-11-5-6-12-20(19)27)32(26)15-18-9-3-2-4-10-18/h2-14,17H,15-16H2,1H3,(H,28,33). The molecule has 0 fully saturated rings. The average molecular weight is 488 g/mol. The van der Waals surface area contributed by atoms with E-state index in [1.165, 1.54) is 22.7 Å². The second-order valence-corrected chi connectivity index (χ2v) is 9.42. The number of carbonyl (C=O) groups excluding carboxylic acids is 2. The summed E-state index contributed by atoms with van der Waals surface area (Å²) in [5, 5.41) is 11.3. The van der Waals surface area contributed by atoms with Crippen molar-refractivity contribution in [2.24, 2.45) is 0 Å². The Bertz CT molecular complexity index is 1390. The third-order valence-corrected chi connectivity index (χ3v) is 6.75. The minimum absolute atomic E-state index is 0.0576. The lowest BCUT2D eigenvalue weighted by atomic mass is 10.2. The molecule has 0 spiro atoms. The Hall–Kier alpha value is -3.98. The van der Waals surface area contributed by atoms with Crippen molar-refractivity contribution in [1.29, 1.82) is 0 Å². The molecule has 0 bridgehead atoms. The number of amides is 2. The number of para-hydroxylation sites is 2. The quantitative estimate of drug-likeness (QED) is 0.402. The number of benzene rings is 3. The summed E-state index contributed by atoms with van der Waals surface area (Å²) in [5.41, 5.74) is 2.58. The number of halogens is 1. The van der Waals surface area contributed by atoms with Gasteiger partial charge in [-0.25, -0.2) is 4.39 Å². The van der Waals surface area contributed by atoms with Crippen LogP contribution in [-0.4, -0.2) is 38.4 Å². The number of fused-ring (bicyclic) bond motifs is 1. The van der Waals surface area contributed by atoms with Crippen LogP contribution in [0.25, 0.3) is 11.4 Å². The van der Waals surface area contributed by atoms with Gasteiger partial charge in [-0.05, 0) is 36.8 Å². The SMILES string of the molecule is CC(Sc1nnc(-c2ccccc2F)n1Cc1ccccc1)C(=O)N1CC(=O)Nc2ccccc21. The lowest BCUT2D eigenvalue weighted by Gasteiger charge is -2.30. The largest absolute Gasteiger partial charge is 0.323 e. The molecule has 176 valence electrons. The molecule has 0 radical (unpaired) electrons. The molecule has 7 nitrogen and oxygen atoms in total. The van der Waals surface area contributed by atoms with E-state index in [1.54, 1.807) is 37.3 Å². The molecule has 1 atom stereocenters. The normalized spacial score (nSPS) is 13.8. The number of hydrogen-bond acceptors (Lipinski definition) is 5. The summed E-state index contributed by atoms with van der Waals surface area (Å²) >= 11 is 1.23. The number of aromatic nitrogens is 3. The fourth-order valence-electron chi connectivity index (χ4n) is 3.98. The molecule has 9 heteroatoms. The zero-order valence-corrected chi connectivity index (χ0v) is 19.7. The zero-order chi connectivity index (χ0) is 24.4. The second kappa shape index (κ2) is 9.71. The van der Waals surface area contributed by atoms with E-state index in [4.69, 9.17) is 0 Å². The summed E-state index contributed by atoms with van der Waals surface area (Å²) in [6.07, 6.45) is 0. The van der Waals surface area contributed by atoms with Crippen LogP contribution in [-0.2, 0) is 16.1 Å². The Kier molecular flexibility index (Phi) is 6.33. The van der Waals surface area contributed by atoms with E-state index >= 15 is 0 Å². The monoisotopic (exact) mass is 487 g/mol. The van der Waals surface area contributed by atoms with Crippen LogP contribution in [0.2, 0.25) is 0 Å². The van der Waals surface area contributed by atoms with E-state index in [0.717, 1.165) is 5.56 Å². The van der Waals surface area contributed by atoms with Gasteiger partial charge < -0.3 is 5.32 Å². The van der Waals surface area contributed by atoms with Crippen molar-refractivity contribution >= 4 is 35.0 Å². The first kappa shape index (κ1) is 22.8. The zero-order valence-electron chi connectivity index (χ0n) is 18.9. The fraction of sp³-hybridized carbons (Fsp3) is 0.154. The molecule has 1 aromatic heterocycles. The van der Waals surface area contributed by atoms with Gasteiger partial charge in [0.2, 0.25) is 11.8 Å². The number of nitrogens with zero attached hydrogens (tertiary/aromatic N) is 4. The third-order valence-electron chi connectivity index (χ3n) is 5.68. The van der Waals surface area contributed by atoms with Gasteiger partial charge in [-0.15, -0.1) is 10.2 Å². The van der Waals surface area contributed by atoms with E-state index in [9.17, 15) is 14.0 Å². The molecule has 2 heterocycles. The molecule has 0 saturated heterocycles. The van der Waals surface area contributed by atoms with Crippen molar-refractivity contribution in [3.8, 4) is 11.4 Å². The summed E-state index contributed by atoms with van der Waals surface area (Å²) in [4.78, 5) is 27.1. The van der Waals surface area contributed by atoms with E-state index < -0.39 is 11.1 Å². The average Bonchev–Trinajstić information content (AvgIpc) is 3.25. The number of rotatable bonds is 6. The van der Waals surface area contributed by atoms with E-state index in [-0.39, 0.29) is 18.4 Å². The second-order valence-electron chi connectivity index (χ2n) is 8.11. The van der Waals surface area contributed by atoms with E-state index in [0.29, 0.717) is 34.5 Å². The minimum atomic E-state index is -0.568. The van der Waals surface area contributed by atoms with Gasteiger partial charge in [0.05, 0.1) is 28.7 Å². The molecule has 5 rings (SSSR count). The fourth-order valence-corrected chi connectivity index (χ4v) is 4.89. The van der Waals surface area contributed by atoms with Gasteiger partial charge in [-0.3, -0.25) is 19.1 Å². The highest BCUT2D eigenvalue weighted by Crippen LogP contribution is 2.33. The summed E-state index contributed by atoms with van der Waals surface area (Å²) in [7, 11) is 0. The molecule has 0 aliphatic carbocycles. The van der Waals surface area contributed by atoms with E-state index in [1.807, 2.05) is 47.0 Å². The number of thioether (sulfide) groups is 1. The summed E-state index contributed by atoms with van der Waals surface area (Å²) in [6.45, 7) is 2.13. The van der Waals surface area contributed by atoms with E-state index in [2.05, 4.69) is 15.5 Å². The summed E-state index contributed by atoms with van der Waals surface area (Å²) in [6, 6.07) is 23.3. The Labute approximate surface area is 206 Å². The number of hydrogen-bond donors (Lipinski definition) is 1. The van der Waals surface area contributed by atoms with Crippen LogP contribution in [0.15, 0.2) is 84.0 Å². The van der Waals surface area contributed by atoms with Gasteiger partial charge in [0.25, 0.3) is 0 Å². The first-order valence-corrected chi connectivity index (χ1v) is 12.0. The minimum Gasteiger partial charge on any atom is -0.323 e. The van der Waals surface area contributed by atoms with Crippen molar-refractivity contribution in [3.63, 3.8) is 0 Å². The first-order chi connectivity index (χ1) is 17.0. The molecular formula is C26H22FN5O2S. The van der Waals surface area contributed by atoms with Crippen molar-refractivity contribution in [1.82, 2.24) is 14.8 Å². The van der Waals surface area contributed by atoms with Gasteiger partial charge >= 0.3 is 0 Å². The highest BCUT2D eigenvalue weighted by molar-refractivity contribution is 8.00. The number of anilines is 2. The van der Waals surface area contributed by atoms with Gasteiger partial charge in [0.15, 0.2) is 11.0 Å². The lowest BCUT2D eigenvalue weighted by molar-refractivity contribution is -0.121. The van der Waals surface area contributed by atoms with Crippen LogP contribution in [0.1, 0.15) is 12.5 Å². The van der Waals surface area contributed by atoms with Crippen LogP contribution in [0.3, 0.4) is 0 Å². The lowest BCUT2D eigenvalue weighted by Crippen LogP contribution is -2.45. The van der Waals surface area contributed by atoms with Gasteiger partial charge in [0, 0.05) is 0 Å². The summed E-state index contributed by atoms with van der Waals surface area (Å²) < 4.78 is 16.4. The number of nitrogens with one attached hydrogen (secondary N) is 1. The maximum Gasteiger partial charge on any atom is 0.244 e. The smallest absolute Gasteiger partial charge is 0.244 e. The Morgan fingerprint density at radius 1 is 1.03 bits per heavy atom. The van der Waals surface area contributed by atoms with Crippen molar-refractivity contribution in [2.45, 2.75) is 23.9 Å². The van der Waals surface area contributed by atoms with Crippen molar-refractivity contribution in [3.05, 3.63) is 90.2 Å². The van der Waals surface area contributed by atoms with Crippen LogP contribution in [0.5, 0.6) is 0 Å². The molecule has 1 aliphatic rings. The Balaban J connectivity index is 1.46. The predicted octanol–water partition coefficient (Wildman–Crippen LogP) is 4.60. The predicted molar refractivity (Wildman–Crippen MR) is 134 cm³/mol.